The van der Waals surface area contributed by atoms with Crippen molar-refractivity contribution in [1.29, 1.82) is 0 Å². The Balaban J connectivity index is 2.11. The van der Waals surface area contributed by atoms with Crippen molar-refractivity contribution in [3.8, 4) is 0 Å². The fraction of sp³-hybridized carbons (Fsp3) is 0.933. The van der Waals surface area contributed by atoms with E-state index >= 15 is 0 Å². The first-order valence-electron chi connectivity index (χ1n) is 7.36. The van der Waals surface area contributed by atoms with E-state index in [1.54, 1.807) is 6.92 Å². The molecular weight excluding hydrogens is 226 g/mol. The third kappa shape index (κ3) is 3.05. The summed E-state index contributed by atoms with van der Waals surface area (Å²) in [7, 11) is 6.68. The molecule has 0 amide bonds. The molecule has 0 saturated heterocycles. The van der Waals surface area contributed by atoms with E-state index in [4.69, 9.17) is 4.74 Å². The average molecular weight is 254 g/mol. The second kappa shape index (κ2) is 5.20. The molecule has 0 aromatic rings. The van der Waals surface area contributed by atoms with Crippen molar-refractivity contribution in [2.45, 2.75) is 57.6 Å². The fourth-order valence-corrected chi connectivity index (χ4v) is 3.98. The van der Waals surface area contributed by atoms with Gasteiger partial charge < -0.3 is 9.22 Å². The number of hydrogen-bond donors (Lipinski definition) is 0. The van der Waals surface area contributed by atoms with Gasteiger partial charge in [-0.1, -0.05) is 19.3 Å². The predicted octanol–water partition coefficient (Wildman–Crippen LogP) is 2.59. The number of rotatable bonds is 2. The highest BCUT2D eigenvalue weighted by Crippen LogP contribution is 2.43. The first-order valence-corrected chi connectivity index (χ1v) is 7.36. The molecule has 2 saturated carbocycles. The van der Waals surface area contributed by atoms with Crippen molar-refractivity contribution >= 4 is 5.97 Å². The number of esters is 1. The molecule has 3 heteroatoms. The highest BCUT2D eigenvalue weighted by Gasteiger charge is 2.45. The summed E-state index contributed by atoms with van der Waals surface area (Å²) in [5, 5.41) is 0. The number of carbonyl (C=O) groups excluding carboxylic acids is 1. The van der Waals surface area contributed by atoms with Gasteiger partial charge in [0.05, 0.1) is 21.1 Å². The van der Waals surface area contributed by atoms with E-state index in [-0.39, 0.29) is 12.1 Å². The number of ether oxygens (including phenoxy) is 1. The molecule has 104 valence electrons. The van der Waals surface area contributed by atoms with Crippen molar-refractivity contribution in [2.24, 2.45) is 11.8 Å². The largest absolute Gasteiger partial charge is 0.456 e. The Bertz CT molecular complexity index is 308. The van der Waals surface area contributed by atoms with Gasteiger partial charge in [-0.3, -0.25) is 4.79 Å². The van der Waals surface area contributed by atoms with Crippen LogP contribution in [0.5, 0.6) is 0 Å². The second-order valence-corrected chi connectivity index (χ2v) is 7.11. The van der Waals surface area contributed by atoms with Crippen LogP contribution in [0.1, 0.15) is 45.4 Å². The third-order valence-electron chi connectivity index (χ3n) is 4.89. The Kier molecular flexibility index (Phi) is 4.00. The molecule has 2 aliphatic rings. The number of hydrogen-bond acceptors (Lipinski definition) is 2. The van der Waals surface area contributed by atoms with Crippen LogP contribution in [-0.4, -0.2) is 43.7 Å². The zero-order valence-corrected chi connectivity index (χ0v) is 12.3. The van der Waals surface area contributed by atoms with Gasteiger partial charge in [0.25, 0.3) is 0 Å². The van der Waals surface area contributed by atoms with Crippen LogP contribution in [0.15, 0.2) is 0 Å². The molecule has 0 aromatic carbocycles. The van der Waals surface area contributed by atoms with Crippen LogP contribution in [0, 0.1) is 11.8 Å². The summed E-state index contributed by atoms with van der Waals surface area (Å²) >= 11 is 0. The summed E-state index contributed by atoms with van der Waals surface area (Å²) in [4.78, 5) is 11.3. The standard InChI is InChI=1S/C15H28NO2/c1-11(17)18-15-10-13-8-6-5-7-12(13)9-14(15)16(2,3)4/h12-15H,5-10H2,1-4H3/q+1/t12-,13+,14+,15+/m1/s1. The van der Waals surface area contributed by atoms with Gasteiger partial charge >= 0.3 is 5.97 Å². The van der Waals surface area contributed by atoms with E-state index in [9.17, 15) is 4.79 Å². The molecule has 0 spiro atoms. The highest BCUT2D eigenvalue weighted by molar-refractivity contribution is 5.66. The fourth-order valence-electron chi connectivity index (χ4n) is 3.98. The van der Waals surface area contributed by atoms with Gasteiger partial charge in [-0.2, -0.15) is 0 Å². The maximum Gasteiger partial charge on any atom is 0.303 e. The van der Waals surface area contributed by atoms with Gasteiger partial charge in [-0.05, 0) is 24.7 Å². The number of likely N-dealkylation sites (N-methyl/N-ethyl adjacent to an activating group) is 1. The summed E-state index contributed by atoms with van der Waals surface area (Å²) in [5.74, 6) is 1.55. The van der Waals surface area contributed by atoms with Crippen LogP contribution in [-0.2, 0) is 9.53 Å². The maximum atomic E-state index is 11.3. The Hall–Kier alpha value is -0.570. The van der Waals surface area contributed by atoms with Gasteiger partial charge in [-0.25, -0.2) is 0 Å². The zero-order valence-electron chi connectivity index (χ0n) is 12.3. The normalized spacial score (nSPS) is 36.9. The molecule has 3 nitrogen and oxygen atoms in total. The SMILES string of the molecule is CC(=O)O[C@H]1C[C@@H]2CCCC[C@@H]2C[C@@H]1[N+](C)(C)C. The lowest BCUT2D eigenvalue weighted by molar-refractivity contribution is -0.901. The Labute approximate surface area is 111 Å². The minimum atomic E-state index is -0.118. The molecule has 0 radical (unpaired) electrons. The van der Waals surface area contributed by atoms with Gasteiger partial charge in [-0.15, -0.1) is 0 Å². The number of fused-ring (bicyclic) bond motifs is 1. The highest BCUT2D eigenvalue weighted by atomic mass is 16.5. The molecule has 2 fully saturated rings. The summed E-state index contributed by atoms with van der Waals surface area (Å²) < 4.78 is 6.53. The lowest BCUT2D eigenvalue weighted by Crippen LogP contribution is -2.57. The minimum absolute atomic E-state index is 0.118. The monoisotopic (exact) mass is 254 g/mol. The molecule has 0 aliphatic heterocycles. The molecule has 0 aromatic heterocycles. The smallest absolute Gasteiger partial charge is 0.303 e. The molecule has 0 heterocycles. The molecule has 0 unspecified atom stereocenters. The van der Waals surface area contributed by atoms with Gasteiger partial charge in [0.1, 0.15) is 6.04 Å². The van der Waals surface area contributed by atoms with E-state index in [0.29, 0.717) is 6.04 Å². The summed E-state index contributed by atoms with van der Waals surface area (Å²) in [6, 6.07) is 0.466. The van der Waals surface area contributed by atoms with E-state index in [0.717, 1.165) is 22.7 Å². The van der Waals surface area contributed by atoms with Crippen LogP contribution >= 0.6 is 0 Å². The lowest BCUT2D eigenvalue weighted by Gasteiger charge is -2.47. The molecule has 0 bridgehead atoms. The van der Waals surface area contributed by atoms with Crippen molar-refractivity contribution in [3.63, 3.8) is 0 Å². The molecule has 18 heavy (non-hydrogen) atoms. The topological polar surface area (TPSA) is 26.3 Å². The first-order chi connectivity index (χ1) is 8.38. The quantitative estimate of drug-likeness (QED) is 0.559. The minimum Gasteiger partial charge on any atom is -0.456 e. The van der Waals surface area contributed by atoms with Gasteiger partial charge in [0, 0.05) is 13.3 Å². The van der Waals surface area contributed by atoms with Gasteiger partial charge in [0.2, 0.25) is 0 Å². The van der Waals surface area contributed by atoms with Crippen molar-refractivity contribution in [2.75, 3.05) is 21.1 Å². The van der Waals surface area contributed by atoms with Crippen LogP contribution in [0.4, 0.5) is 0 Å². The molecule has 2 aliphatic carbocycles. The van der Waals surface area contributed by atoms with E-state index in [1.165, 1.54) is 32.1 Å². The van der Waals surface area contributed by atoms with Crippen LogP contribution < -0.4 is 0 Å². The predicted molar refractivity (Wildman–Crippen MR) is 72.1 cm³/mol. The Morgan fingerprint density at radius 2 is 1.61 bits per heavy atom. The number of nitrogens with zero attached hydrogens (tertiary/aromatic N) is 1. The van der Waals surface area contributed by atoms with Gasteiger partial charge in [0.15, 0.2) is 6.10 Å². The zero-order chi connectivity index (χ0) is 13.3. The van der Waals surface area contributed by atoms with Crippen molar-refractivity contribution in [3.05, 3.63) is 0 Å². The Morgan fingerprint density at radius 1 is 1.06 bits per heavy atom. The second-order valence-electron chi connectivity index (χ2n) is 7.11. The van der Waals surface area contributed by atoms with Crippen molar-refractivity contribution < 1.29 is 14.0 Å². The number of quaternary nitrogens is 1. The van der Waals surface area contributed by atoms with E-state index in [2.05, 4.69) is 21.1 Å². The summed E-state index contributed by atoms with van der Waals surface area (Å²) in [6.07, 6.45) is 7.92. The van der Waals surface area contributed by atoms with E-state index < -0.39 is 0 Å². The molecular formula is C15H28NO2+. The van der Waals surface area contributed by atoms with Crippen LogP contribution in [0.2, 0.25) is 0 Å². The maximum absolute atomic E-state index is 11.3. The lowest BCUT2D eigenvalue weighted by atomic mass is 9.68. The summed E-state index contributed by atoms with van der Waals surface area (Å²) in [5.41, 5.74) is 0. The molecule has 0 N–H and O–H groups in total. The molecule has 4 atom stereocenters. The molecule has 2 rings (SSSR count). The van der Waals surface area contributed by atoms with Crippen molar-refractivity contribution in [1.82, 2.24) is 0 Å². The van der Waals surface area contributed by atoms with E-state index in [1.807, 2.05) is 0 Å². The van der Waals surface area contributed by atoms with Crippen LogP contribution in [0.3, 0.4) is 0 Å². The first kappa shape index (κ1) is 13.9. The average Bonchev–Trinajstić information content (AvgIpc) is 2.26. The number of carbonyl (C=O) groups is 1. The Morgan fingerprint density at radius 3 is 2.11 bits per heavy atom. The van der Waals surface area contributed by atoms with Crippen LogP contribution in [0.25, 0.3) is 0 Å². The third-order valence-corrected chi connectivity index (χ3v) is 4.89. The summed E-state index contributed by atoms with van der Waals surface area (Å²) in [6.45, 7) is 1.54.